The Morgan fingerprint density at radius 1 is 1.47 bits per heavy atom. The maximum Gasteiger partial charge on any atom is 0.178 e. The molecule has 1 unspecified atom stereocenters. The highest BCUT2D eigenvalue weighted by Gasteiger charge is 2.28. The third-order valence-corrected chi connectivity index (χ3v) is 4.87. The van der Waals surface area contributed by atoms with Gasteiger partial charge in [0, 0.05) is 12.7 Å². The molecule has 2 aromatic rings. The van der Waals surface area contributed by atoms with Gasteiger partial charge in [-0.1, -0.05) is 5.21 Å². The molecule has 0 aromatic carbocycles. The van der Waals surface area contributed by atoms with Crippen molar-refractivity contribution in [2.45, 2.75) is 13.0 Å². The van der Waals surface area contributed by atoms with Crippen molar-refractivity contribution >= 4 is 21.0 Å². The van der Waals surface area contributed by atoms with Crippen molar-refractivity contribution in [1.82, 2.24) is 20.0 Å². The lowest BCUT2D eigenvalue weighted by molar-refractivity contribution is 0.456. The zero-order valence-corrected chi connectivity index (χ0v) is 9.97. The number of fused-ring (bicyclic) bond motifs is 1. The summed E-state index contributed by atoms with van der Waals surface area (Å²) in [7, 11) is -2.83. The standard InChI is InChI=1S/C10H12N4O2S/c15-17(16)5-3-8(7-17)6-14-10-9(12-13-14)2-1-4-11-10/h1-2,4,8H,3,5-7H2. The van der Waals surface area contributed by atoms with Gasteiger partial charge < -0.3 is 0 Å². The van der Waals surface area contributed by atoms with E-state index < -0.39 is 9.84 Å². The molecule has 0 radical (unpaired) electrons. The first-order valence-corrected chi connectivity index (χ1v) is 7.31. The fourth-order valence-electron chi connectivity index (χ4n) is 2.19. The third-order valence-electron chi connectivity index (χ3n) is 3.03. The summed E-state index contributed by atoms with van der Waals surface area (Å²) in [6.07, 6.45) is 2.39. The summed E-state index contributed by atoms with van der Waals surface area (Å²) >= 11 is 0. The fourth-order valence-corrected chi connectivity index (χ4v) is 4.04. The number of sulfone groups is 1. The van der Waals surface area contributed by atoms with Crippen molar-refractivity contribution in [2.24, 2.45) is 5.92 Å². The summed E-state index contributed by atoms with van der Waals surface area (Å²) in [6.45, 7) is 0.576. The molecule has 0 spiro atoms. The fraction of sp³-hybridized carbons (Fsp3) is 0.500. The first-order chi connectivity index (χ1) is 8.14. The second kappa shape index (κ2) is 3.76. The minimum absolute atomic E-state index is 0.131. The molecule has 2 aromatic heterocycles. The molecule has 3 heterocycles. The van der Waals surface area contributed by atoms with Crippen LogP contribution in [0.25, 0.3) is 11.2 Å². The lowest BCUT2D eigenvalue weighted by Crippen LogP contribution is -2.13. The summed E-state index contributed by atoms with van der Waals surface area (Å²) in [5, 5.41) is 8.01. The lowest BCUT2D eigenvalue weighted by Gasteiger charge is -2.06. The molecule has 90 valence electrons. The van der Waals surface area contributed by atoms with Crippen LogP contribution in [0.3, 0.4) is 0 Å². The zero-order valence-electron chi connectivity index (χ0n) is 9.15. The van der Waals surface area contributed by atoms with Crippen molar-refractivity contribution in [3.63, 3.8) is 0 Å². The van der Waals surface area contributed by atoms with Crippen molar-refractivity contribution in [3.05, 3.63) is 18.3 Å². The third kappa shape index (κ3) is 2.02. The predicted octanol–water partition coefficient (Wildman–Crippen LogP) is 0.261. The van der Waals surface area contributed by atoms with Crippen molar-refractivity contribution < 1.29 is 8.42 Å². The largest absolute Gasteiger partial charge is 0.235 e. The van der Waals surface area contributed by atoms with Crippen LogP contribution in [0, 0.1) is 5.92 Å². The van der Waals surface area contributed by atoms with E-state index in [1.54, 1.807) is 16.9 Å². The summed E-state index contributed by atoms with van der Waals surface area (Å²) in [4.78, 5) is 4.21. The normalized spacial score (nSPS) is 23.2. The molecular formula is C10H12N4O2S. The number of pyridine rings is 1. The molecule has 0 amide bonds. The van der Waals surface area contributed by atoms with Crippen molar-refractivity contribution in [3.8, 4) is 0 Å². The minimum Gasteiger partial charge on any atom is -0.235 e. The molecule has 17 heavy (non-hydrogen) atoms. The van der Waals surface area contributed by atoms with Gasteiger partial charge in [-0.2, -0.15) is 0 Å². The van der Waals surface area contributed by atoms with Crippen LogP contribution in [0.5, 0.6) is 0 Å². The van der Waals surface area contributed by atoms with Crippen LogP contribution in [0.15, 0.2) is 18.3 Å². The Bertz CT molecular complexity index is 649. The average Bonchev–Trinajstić information content (AvgIpc) is 2.84. The van der Waals surface area contributed by atoms with Crippen molar-refractivity contribution in [1.29, 1.82) is 0 Å². The molecule has 7 heteroatoms. The Morgan fingerprint density at radius 3 is 3.12 bits per heavy atom. The van der Waals surface area contributed by atoms with Gasteiger partial charge in [0.25, 0.3) is 0 Å². The smallest absolute Gasteiger partial charge is 0.178 e. The van der Waals surface area contributed by atoms with Crippen LogP contribution < -0.4 is 0 Å². The van der Waals surface area contributed by atoms with E-state index in [4.69, 9.17) is 0 Å². The van der Waals surface area contributed by atoms with E-state index in [-0.39, 0.29) is 17.4 Å². The molecule has 0 N–H and O–H groups in total. The van der Waals surface area contributed by atoms with Gasteiger partial charge in [0.1, 0.15) is 5.52 Å². The van der Waals surface area contributed by atoms with Gasteiger partial charge in [-0.15, -0.1) is 5.10 Å². The maximum atomic E-state index is 11.4. The van der Waals surface area contributed by atoms with E-state index in [2.05, 4.69) is 15.3 Å². The number of hydrogen-bond acceptors (Lipinski definition) is 5. The van der Waals surface area contributed by atoms with Crippen LogP contribution in [0.2, 0.25) is 0 Å². The molecule has 1 saturated heterocycles. The molecule has 0 aliphatic carbocycles. The van der Waals surface area contributed by atoms with Gasteiger partial charge >= 0.3 is 0 Å². The quantitative estimate of drug-likeness (QED) is 0.766. The molecule has 0 bridgehead atoms. The number of hydrogen-bond donors (Lipinski definition) is 0. The highest BCUT2D eigenvalue weighted by atomic mass is 32.2. The van der Waals surface area contributed by atoms with Crippen molar-refractivity contribution in [2.75, 3.05) is 11.5 Å². The Morgan fingerprint density at radius 2 is 2.35 bits per heavy atom. The minimum atomic E-state index is -2.83. The summed E-state index contributed by atoms with van der Waals surface area (Å²) < 4.78 is 24.4. The molecular weight excluding hydrogens is 240 g/mol. The van der Waals surface area contributed by atoms with Gasteiger partial charge in [0.2, 0.25) is 0 Å². The monoisotopic (exact) mass is 252 g/mol. The van der Waals surface area contributed by atoms with Crippen LogP contribution in [0.1, 0.15) is 6.42 Å². The summed E-state index contributed by atoms with van der Waals surface area (Å²) in [5.41, 5.74) is 1.46. The summed E-state index contributed by atoms with van der Waals surface area (Å²) in [5.74, 6) is 0.672. The van der Waals surface area contributed by atoms with E-state index in [1.807, 2.05) is 6.07 Å². The SMILES string of the molecule is O=S1(=O)CCC(Cn2nnc3cccnc32)C1. The predicted molar refractivity (Wildman–Crippen MR) is 62.1 cm³/mol. The van der Waals surface area contributed by atoms with Crippen LogP contribution in [-0.4, -0.2) is 39.9 Å². The average molecular weight is 252 g/mol. The maximum absolute atomic E-state index is 11.4. The Kier molecular flexibility index (Phi) is 2.36. The van der Waals surface area contributed by atoms with E-state index in [0.717, 1.165) is 11.2 Å². The lowest BCUT2D eigenvalue weighted by atomic mass is 10.1. The number of rotatable bonds is 2. The van der Waals surface area contributed by atoms with E-state index in [9.17, 15) is 8.42 Å². The van der Waals surface area contributed by atoms with Gasteiger partial charge in [-0.25, -0.2) is 18.1 Å². The van der Waals surface area contributed by atoms with Gasteiger partial charge in [0.05, 0.1) is 11.5 Å². The molecule has 3 rings (SSSR count). The Hall–Kier alpha value is -1.50. The second-order valence-corrected chi connectivity index (χ2v) is 6.62. The highest BCUT2D eigenvalue weighted by molar-refractivity contribution is 7.91. The zero-order chi connectivity index (χ0) is 11.9. The molecule has 1 aliphatic rings. The Balaban J connectivity index is 1.86. The van der Waals surface area contributed by atoms with Gasteiger partial charge in [-0.3, -0.25) is 0 Å². The number of nitrogens with zero attached hydrogens (tertiary/aromatic N) is 4. The molecule has 0 saturated carbocycles. The first kappa shape index (κ1) is 10.6. The highest BCUT2D eigenvalue weighted by Crippen LogP contribution is 2.21. The van der Waals surface area contributed by atoms with Gasteiger partial charge in [0.15, 0.2) is 15.5 Å². The van der Waals surface area contributed by atoms with Crippen LogP contribution in [0.4, 0.5) is 0 Å². The van der Waals surface area contributed by atoms with Crippen LogP contribution in [-0.2, 0) is 16.4 Å². The topological polar surface area (TPSA) is 77.7 Å². The summed E-state index contributed by atoms with van der Waals surface area (Å²) in [6, 6.07) is 3.65. The van der Waals surface area contributed by atoms with E-state index >= 15 is 0 Å². The number of aromatic nitrogens is 4. The Labute approximate surface area is 98.6 Å². The van der Waals surface area contributed by atoms with E-state index in [0.29, 0.717) is 13.0 Å². The molecule has 1 aliphatic heterocycles. The van der Waals surface area contributed by atoms with Gasteiger partial charge in [-0.05, 0) is 24.5 Å². The first-order valence-electron chi connectivity index (χ1n) is 5.49. The molecule has 1 atom stereocenters. The molecule has 6 nitrogen and oxygen atoms in total. The van der Waals surface area contributed by atoms with E-state index in [1.165, 1.54) is 0 Å². The second-order valence-electron chi connectivity index (χ2n) is 4.39. The molecule has 1 fully saturated rings. The van der Waals surface area contributed by atoms with Crippen LogP contribution >= 0.6 is 0 Å².